The Morgan fingerprint density at radius 1 is 1.38 bits per heavy atom. The smallest absolute Gasteiger partial charge is 0.248 e. The highest BCUT2D eigenvalue weighted by Crippen LogP contribution is 2.45. The molecule has 1 saturated heterocycles. The Morgan fingerprint density at radius 2 is 2.14 bits per heavy atom. The summed E-state index contributed by atoms with van der Waals surface area (Å²) >= 11 is 0. The Hall–Kier alpha value is -1.93. The average molecular weight is 284 g/mol. The zero-order valence-corrected chi connectivity index (χ0v) is 12.5. The molecule has 0 atom stereocenters. The number of aromatic nitrogens is 1. The van der Waals surface area contributed by atoms with Gasteiger partial charge in [0.2, 0.25) is 5.91 Å². The predicted octanol–water partition coefficient (Wildman–Crippen LogP) is 1.91. The molecule has 1 amide bonds. The van der Waals surface area contributed by atoms with Gasteiger partial charge in [-0.3, -0.25) is 14.6 Å². The van der Waals surface area contributed by atoms with Gasteiger partial charge in [0.25, 0.3) is 0 Å². The Kier molecular flexibility index (Phi) is 3.42. The van der Waals surface area contributed by atoms with Gasteiger partial charge in [-0.2, -0.15) is 5.26 Å². The summed E-state index contributed by atoms with van der Waals surface area (Å²) in [6.45, 7) is 5.94. The van der Waals surface area contributed by atoms with Crippen molar-refractivity contribution in [1.29, 1.82) is 5.26 Å². The second-order valence-electron chi connectivity index (χ2n) is 6.17. The SMILES string of the molecule is CC(C)c1ccc(N2CCN(CC#N)C3(CC3)C2=O)nc1. The third kappa shape index (κ3) is 2.30. The number of anilines is 1. The maximum atomic E-state index is 12.7. The standard InChI is InChI=1S/C16H20N4O/c1-12(2)13-3-4-14(18-11-13)20-10-9-19(8-7-17)16(5-6-16)15(20)21/h3-4,11-12H,5-6,8-10H2,1-2H3. The quantitative estimate of drug-likeness (QED) is 0.796. The lowest BCUT2D eigenvalue weighted by Gasteiger charge is -2.39. The highest BCUT2D eigenvalue weighted by molar-refractivity contribution is 6.02. The van der Waals surface area contributed by atoms with Gasteiger partial charge in [-0.15, -0.1) is 0 Å². The first-order chi connectivity index (χ1) is 10.1. The summed E-state index contributed by atoms with van der Waals surface area (Å²) in [5, 5.41) is 8.90. The molecular formula is C16H20N4O. The Morgan fingerprint density at radius 3 is 2.67 bits per heavy atom. The van der Waals surface area contributed by atoms with Crippen LogP contribution in [0.1, 0.15) is 38.2 Å². The lowest BCUT2D eigenvalue weighted by Crippen LogP contribution is -2.59. The van der Waals surface area contributed by atoms with E-state index < -0.39 is 5.54 Å². The number of rotatable bonds is 3. The van der Waals surface area contributed by atoms with Crippen LogP contribution >= 0.6 is 0 Å². The van der Waals surface area contributed by atoms with Gasteiger partial charge in [0, 0.05) is 19.3 Å². The summed E-state index contributed by atoms with van der Waals surface area (Å²) in [4.78, 5) is 21.0. The van der Waals surface area contributed by atoms with E-state index in [1.54, 1.807) is 4.90 Å². The number of piperazine rings is 1. The van der Waals surface area contributed by atoms with E-state index in [9.17, 15) is 4.79 Å². The summed E-state index contributed by atoms with van der Waals surface area (Å²) < 4.78 is 0. The molecule has 2 heterocycles. The Bertz CT molecular complexity index is 583. The number of carbonyl (C=O) groups excluding carboxylic acids is 1. The molecule has 0 bridgehead atoms. The van der Waals surface area contributed by atoms with Gasteiger partial charge in [0.1, 0.15) is 11.4 Å². The third-order valence-electron chi connectivity index (χ3n) is 4.54. The molecule has 0 N–H and O–H groups in total. The first-order valence-corrected chi connectivity index (χ1v) is 7.48. The van der Waals surface area contributed by atoms with Gasteiger partial charge >= 0.3 is 0 Å². The van der Waals surface area contributed by atoms with Gasteiger partial charge in [0.15, 0.2) is 0 Å². The fourth-order valence-corrected chi connectivity index (χ4v) is 3.00. The summed E-state index contributed by atoms with van der Waals surface area (Å²) in [7, 11) is 0. The number of carbonyl (C=O) groups is 1. The fourth-order valence-electron chi connectivity index (χ4n) is 3.00. The molecule has 1 aromatic rings. The van der Waals surface area contributed by atoms with Gasteiger partial charge in [-0.25, -0.2) is 4.98 Å². The van der Waals surface area contributed by atoms with Crippen LogP contribution in [-0.2, 0) is 4.79 Å². The first-order valence-electron chi connectivity index (χ1n) is 7.48. The normalized spacial score (nSPS) is 20.9. The fraction of sp³-hybridized carbons (Fsp3) is 0.562. The van der Waals surface area contributed by atoms with Crippen molar-refractivity contribution in [3.63, 3.8) is 0 Å². The van der Waals surface area contributed by atoms with Crippen molar-refractivity contribution in [2.75, 3.05) is 24.5 Å². The zero-order chi connectivity index (χ0) is 15.0. The second kappa shape index (κ2) is 5.12. The molecular weight excluding hydrogens is 264 g/mol. The molecule has 0 unspecified atom stereocenters. The molecule has 3 rings (SSSR count). The van der Waals surface area contributed by atoms with Crippen LogP contribution in [0.5, 0.6) is 0 Å². The minimum absolute atomic E-state index is 0.105. The van der Waals surface area contributed by atoms with Crippen LogP contribution in [-0.4, -0.2) is 41.0 Å². The number of nitriles is 1. The molecule has 5 nitrogen and oxygen atoms in total. The van der Waals surface area contributed by atoms with Crippen molar-refractivity contribution in [2.45, 2.75) is 38.1 Å². The van der Waals surface area contributed by atoms with Crippen molar-refractivity contribution in [1.82, 2.24) is 9.88 Å². The van der Waals surface area contributed by atoms with Crippen LogP contribution < -0.4 is 4.90 Å². The Labute approximate surface area is 125 Å². The van der Waals surface area contributed by atoms with E-state index >= 15 is 0 Å². The van der Waals surface area contributed by atoms with E-state index in [0.29, 0.717) is 19.0 Å². The molecule has 1 aliphatic carbocycles. The van der Waals surface area contributed by atoms with Gasteiger partial charge in [-0.05, 0) is 30.4 Å². The molecule has 1 aromatic heterocycles. The van der Waals surface area contributed by atoms with Crippen LogP contribution in [0.15, 0.2) is 18.3 Å². The lowest BCUT2D eigenvalue weighted by molar-refractivity contribution is -0.127. The van der Waals surface area contributed by atoms with Crippen molar-refractivity contribution in [3.05, 3.63) is 23.9 Å². The monoisotopic (exact) mass is 284 g/mol. The molecule has 1 aliphatic heterocycles. The first kappa shape index (κ1) is 14.0. The van der Waals surface area contributed by atoms with E-state index in [0.717, 1.165) is 25.2 Å². The summed E-state index contributed by atoms with van der Waals surface area (Å²) in [6.07, 6.45) is 3.57. The molecule has 21 heavy (non-hydrogen) atoms. The summed E-state index contributed by atoms with van der Waals surface area (Å²) in [6, 6.07) is 6.14. The Balaban J connectivity index is 1.81. The number of hydrogen-bond donors (Lipinski definition) is 0. The van der Waals surface area contributed by atoms with Crippen LogP contribution in [0.2, 0.25) is 0 Å². The largest absolute Gasteiger partial charge is 0.294 e. The summed E-state index contributed by atoms with van der Waals surface area (Å²) in [5.41, 5.74) is 0.752. The topological polar surface area (TPSA) is 60.2 Å². The predicted molar refractivity (Wildman–Crippen MR) is 79.8 cm³/mol. The molecule has 1 saturated carbocycles. The minimum Gasteiger partial charge on any atom is -0.294 e. The van der Waals surface area contributed by atoms with E-state index in [2.05, 4.69) is 24.9 Å². The van der Waals surface area contributed by atoms with Gasteiger partial charge in [0.05, 0.1) is 12.6 Å². The lowest BCUT2D eigenvalue weighted by atomic mass is 10.1. The van der Waals surface area contributed by atoms with Crippen molar-refractivity contribution in [3.8, 4) is 6.07 Å². The van der Waals surface area contributed by atoms with Crippen LogP contribution in [0.4, 0.5) is 5.82 Å². The molecule has 0 aromatic carbocycles. The van der Waals surface area contributed by atoms with Crippen LogP contribution in [0.25, 0.3) is 0 Å². The highest BCUT2D eigenvalue weighted by Gasteiger charge is 2.58. The van der Waals surface area contributed by atoms with E-state index in [-0.39, 0.29) is 5.91 Å². The number of hydrogen-bond acceptors (Lipinski definition) is 4. The third-order valence-corrected chi connectivity index (χ3v) is 4.54. The number of amides is 1. The minimum atomic E-state index is -0.424. The van der Waals surface area contributed by atoms with Gasteiger partial charge < -0.3 is 0 Å². The van der Waals surface area contributed by atoms with Gasteiger partial charge in [-0.1, -0.05) is 19.9 Å². The van der Waals surface area contributed by atoms with E-state index in [1.165, 1.54) is 5.56 Å². The molecule has 110 valence electrons. The molecule has 0 radical (unpaired) electrons. The van der Waals surface area contributed by atoms with Crippen molar-refractivity contribution >= 4 is 11.7 Å². The second-order valence-corrected chi connectivity index (χ2v) is 6.17. The van der Waals surface area contributed by atoms with Crippen molar-refractivity contribution in [2.24, 2.45) is 0 Å². The van der Waals surface area contributed by atoms with Crippen LogP contribution in [0.3, 0.4) is 0 Å². The number of pyridine rings is 1. The molecule has 2 aliphatic rings. The molecule has 2 fully saturated rings. The highest BCUT2D eigenvalue weighted by atomic mass is 16.2. The van der Waals surface area contributed by atoms with Crippen LogP contribution in [0, 0.1) is 11.3 Å². The van der Waals surface area contributed by atoms with E-state index in [4.69, 9.17) is 5.26 Å². The zero-order valence-electron chi connectivity index (χ0n) is 12.5. The summed E-state index contributed by atoms with van der Waals surface area (Å²) in [5.74, 6) is 1.27. The average Bonchev–Trinajstić information content (AvgIpc) is 3.27. The van der Waals surface area contributed by atoms with E-state index in [1.807, 2.05) is 23.2 Å². The maximum Gasteiger partial charge on any atom is 0.248 e. The van der Waals surface area contributed by atoms with Crippen molar-refractivity contribution < 1.29 is 4.79 Å². The maximum absolute atomic E-state index is 12.7. The molecule has 5 heteroatoms. The number of nitrogens with zero attached hydrogens (tertiary/aromatic N) is 4. The molecule has 1 spiro atoms.